The van der Waals surface area contributed by atoms with Gasteiger partial charge in [0.05, 0.1) is 29.7 Å². The molecule has 0 unspecified atom stereocenters. The molecule has 0 saturated carbocycles. The number of hydrogen-bond donors (Lipinski definition) is 3. The average Bonchev–Trinajstić information content (AvgIpc) is 2.94. The molecular formula is C25H19N3O3. The first kappa shape index (κ1) is 18.7. The lowest BCUT2D eigenvalue weighted by Gasteiger charge is -2.12. The minimum absolute atomic E-state index is 0.0804. The second-order valence-corrected chi connectivity index (χ2v) is 7.23. The number of phenolic OH excluding ortho intramolecular Hbond substituents is 1. The van der Waals surface area contributed by atoms with Crippen molar-refractivity contribution in [3.8, 4) is 33.8 Å². The number of benzene rings is 3. The molecule has 1 aliphatic heterocycles. The standard InChI is InChI=1S/C25H19N3O3/c1-31-24-13-17(6-9-23(24)29)15-4-7-19-21(11-15)27-20-8-5-16(12-22(20)28-25(19)30)18-3-2-10-26-14-18/h2-14,27,29H,1H3,(H,28,30). The summed E-state index contributed by atoms with van der Waals surface area (Å²) in [6.45, 7) is 0. The first-order chi connectivity index (χ1) is 15.1. The van der Waals surface area contributed by atoms with Crippen molar-refractivity contribution in [3.05, 3.63) is 84.7 Å². The number of aromatic hydroxyl groups is 1. The molecule has 0 radical (unpaired) electrons. The van der Waals surface area contributed by atoms with Gasteiger partial charge >= 0.3 is 0 Å². The van der Waals surface area contributed by atoms with Gasteiger partial charge in [0.15, 0.2) is 11.5 Å². The largest absolute Gasteiger partial charge is 0.504 e. The van der Waals surface area contributed by atoms with E-state index < -0.39 is 0 Å². The Bertz CT molecular complexity index is 1300. The van der Waals surface area contributed by atoms with Crippen LogP contribution in [0.5, 0.6) is 11.5 Å². The van der Waals surface area contributed by atoms with Crippen LogP contribution in [0.25, 0.3) is 22.3 Å². The zero-order valence-corrected chi connectivity index (χ0v) is 16.7. The van der Waals surface area contributed by atoms with Crippen molar-refractivity contribution in [2.45, 2.75) is 0 Å². The van der Waals surface area contributed by atoms with Crippen molar-refractivity contribution < 1.29 is 14.6 Å². The molecule has 6 heteroatoms. The maximum atomic E-state index is 12.9. The van der Waals surface area contributed by atoms with Crippen molar-refractivity contribution in [3.63, 3.8) is 0 Å². The molecule has 0 fully saturated rings. The smallest absolute Gasteiger partial charge is 0.257 e. The van der Waals surface area contributed by atoms with Gasteiger partial charge in [-0.3, -0.25) is 9.78 Å². The molecule has 4 aromatic rings. The summed E-state index contributed by atoms with van der Waals surface area (Å²) in [6, 6.07) is 20.5. The first-order valence-corrected chi connectivity index (χ1v) is 9.76. The molecule has 3 aromatic carbocycles. The van der Waals surface area contributed by atoms with Crippen LogP contribution < -0.4 is 15.4 Å². The highest BCUT2D eigenvalue weighted by molar-refractivity contribution is 6.12. The van der Waals surface area contributed by atoms with Gasteiger partial charge in [0.25, 0.3) is 5.91 Å². The third kappa shape index (κ3) is 3.44. The van der Waals surface area contributed by atoms with Crippen molar-refractivity contribution >= 4 is 23.0 Å². The van der Waals surface area contributed by atoms with Gasteiger partial charge < -0.3 is 20.5 Å². The van der Waals surface area contributed by atoms with Gasteiger partial charge in [0.2, 0.25) is 0 Å². The summed E-state index contributed by atoms with van der Waals surface area (Å²) in [5.41, 5.74) is 6.48. The molecule has 5 rings (SSSR count). The number of carbonyl (C=O) groups is 1. The molecule has 0 atom stereocenters. The molecule has 6 nitrogen and oxygen atoms in total. The molecule has 0 saturated heterocycles. The number of fused-ring (bicyclic) bond motifs is 2. The number of methoxy groups -OCH3 is 1. The van der Waals surface area contributed by atoms with Crippen molar-refractivity contribution in [2.24, 2.45) is 0 Å². The fourth-order valence-electron chi connectivity index (χ4n) is 3.69. The second kappa shape index (κ2) is 7.50. The number of aromatic nitrogens is 1. The quantitative estimate of drug-likeness (QED) is 0.420. The number of carbonyl (C=O) groups excluding carboxylic acids is 1. The number of pyridine rings is 1. The fourth-order valence-corrected chi connectivity index (χ4v) is 3.69. The maximum Gasteiger partial charge on any atom is 0.257 e. The number of amides is 1. The Morgan fingerprint density at radius 3 is 2.35 bits per heavy atom. The lowest BCUT2D eigenvalue weighted by molar-refractivity contribution is 0.102. The summed E-state index contributed by atoms with van der Waals surface area (Å²) in [5, 5.41) is 16.2. The van der Waals surface area contributed by atoms with Crippen molar-refractivity contribution in [1.29, 1.82) is 0 Å². The maximum absolute atomic E-state index is 12.9. The van der Waals surface area contributed by atoms with Crippen LogP contribution in [0, 0.1) is 0 Å². The van der Waals surface area contributed by atoms with Crippen LogP contribution in [0.2, 0.25) is 0 Å². The van der Waals surface area contributed by atoms with E-state index in [1.807, 2.05) is 48.5 Å². The van der Waals surface area contributed by atoms with Gasteiger partial charge in [-0.25, -0.2) is 0 Å². The Labute approximate surface area is 179 Å². The highest BCUT2D eigenvalue weighted by atomic mass is 16.5. The summed E-state index contributed by atoms with van der Waals surface area (Å²) in [7, 11) is 1.51. The number of rotatable bonds is 3. The molecule has 1 aromatic heterocycles. The van der Waals surface area contributed by atoms with E-state index in [-0.39, 0.29) is 11.7 Å². The number of ether oxygens (including phenoxy) is 1. The molecule has 0 spiro atoms. The monoisotopic (exact) mass is 409 g/mol. The zero-order chi connectivity index (χ0) is 21.4. The Morgan fingerprint density at radius 2 is 1.55 bits per heavy atom. The lowest BCUT2D eigenvalue weighted by Crippen LogP contribution is -2.10. The van der Waals surface area contributed by atoms with E-state index in [0.717, 1.165) is 27.9 Å². The molecule has 31 heavy (non-hydrogen) atoms. The SMILES string of the molecule is COc1cc(-c2ccc3c(c2)Nc2ccc(-c4cccnc4)cc2NC3=O)ccc1O. The summed E-state index contributed by atoms with van der Waals surface area (Å²) in [6.07, 6.45) is 3.52. The number of hydrogen-bond acceptors (Lipinski definition) is 5. The predicted octanol–water partition coefficient (Wildman–Crippen LogP) is 5.44. The number of phenols is 1. The van der Waals surface area contributed by atoms with E-state index >= 15 is 0 Å². The minimum atomic E-state index is -0.181. The normalized spacial score (nSPS) is 12.1. The predicted molar refractivity (Wildman–Crippen MR) is 121 cm³/mol. The van der Waals surface area contributed by atoms with Crippen LogP contribution >= 0.6 is 0 Å². The van der Waals surface area contributed by atoms with Crippen molar-refractivity contribution in [2.75, 3.05) is 17.7 Å². The number of nitrogens with one attached hydrogen (secondary N) is 2. The highest BCUT2D eigenvalue weighted by Crippen LogP contribution is 2.38. The van der Waals surface area contributed by atoms with E-state index in [2.05, 4.69) is 15.6 Å². The summed E-state index contributed by atoms with van der Waals surface area (Å²) < 4.78 is 5.22. The summed E-state index contributed by atoms with van der Waals surface area (Å²) >= 11 is 0. The summed E-state index contributed by atoms with van der Waals surface area (Å²) in [5.74, 6) is 0.294. The Kier molecular flexibility index (Phi) is 4.52. The molecular weight excluding hydrogens is 390 g/mol. The minimum Gasteiger partial charge on any atom is -0.504 e. The molecule has 2 heterocycles. The fraction of sp³-hybridized carbons (Fsp3) is 0.0400. The van der Waals surface area contributed by atoms with E-state index in [9.17, 15) is 9.90 Å². The van der Waals surface area contributed by atoms with Crippen LogP contribution in [0.15, 0.2) is 79.1 Å². The molecule has 0 aliphatic carbocycles. The Hall–Kier alpha value is -4.32. The van der Waals surface area contributed by atoms with Crippen LogP contribution in [-0.2, 0) is 0 Å². The topological polar surface area (TPSA) is 83.5 Å². The van der Waals surface area contributed by atoms with Gasteiger partial charge in [-0.15, -0.1) is 0 Å². The van der Waals surface area contributed by atoms with Gasteiger partial charge in [-0.05, 0) is 59.2 Å². The Morgan fingerprint density at radius 1 is 0.806 bits per heavy atom. The second-order valence-electron chi connectivity index (χ2n) is 7.23. The zero-order valence-electron chi connectivity index (χ0n) is 16.7. The molecule has 0 bridgehead atoms. The number of anilines is 3. The Balaban J connectivity index is 1.54. The van der Waals surface area contributed by atoms with Gasteiger partial charge in [-0.1, -0.05) is 24.3 Å². The van der Waals surface area contributed by atoms with Gasteiger partial charge in [0, 0.05) is 18.0 Å². The van der Waals surface area contributed by atoms with Crippen molar-refractivity contribution in [1.82, 2.24) is 4.98 Å². The third-order valence-corrected chi connectivity index (χ3v) is 5.31. The van der Waals surface area contributed by atoms with E-state index in [1.165, 1.54) is 7.11 Å². The number of nitrogens with zero attached hydrogens (tertiary/aromatic N) is 1. The first-order valence-electron chi connectivity index (χ1n) is 9.76. The van der Waals surface area contributed by atoms with Crippen LogP contribution in [0.4, 0.5) is 17.1 Å². The van der Waals surface area contributed by atoms with Crippen LogP contribution in [0.1, 0.15) is 10.4 Å². The molecule has 1 aliphatic rings. The van der Waals surface area contributed by atoms with Crippen LogP contribution in [0.3, 0.4) is 0 Å². The van der Waals surface area contributed by atoms with E-state index in [4.69, 9.17) is 4.74 Å². The average molecular weight is 409 g/mol. The van der Waals surface area contributed by atoms with E-state index in [0.29, 0.717) is 22.7 Å². The molecule has 152 valence electrons. The lowest BCUT2D eigenvalue weighted by atomic mass is 10.0. The van der Waals surface area contributed by atoms with E-state index in [1.54, 1.807) is 30.6 Å². The molecule has 1 amide bonds. The highest BCUT2D eigenvalue weighted by Gasteiger charge is 2.20. The van der Waals surface area contributed by atoms with Gasteiger partial charge in [-0.2, -0.15) is 0 Å². The third-order valence-electron chi connectivity index (χ3n) is 5.31. The molecule has 3 N–H and O–H groups in total. The summed E-state index contributed by atoms with van der Waals surface area (Å²) in [4.78, 5) is 17.1. The van der Waals surface area contributed by atoms with Gasteiger partial charge in [0.1, 0.15) is 0 Å². The van der Waals surface area contributed by atoms with Crippen LogP contribution in [-0.4, -0.2) is 23.1 Å².